The molecule has 3 aromatic rings. The fourth-order valence-corrected chi connectivity index (χ4v) is 3.87. The third kappa shape index (κ3) is 3.71. The Balaban J connectivity index is 1.37. The summed E-state index contributed by atoms with van der Waals surface area (Å²) in [5, 5.41) is 6.17. The number of rotatable bonds is 4. The van der Waals surface area contributed by atoms with Crippen LogP contribution >= 0.6 is 11.3 Å². The highest BCUT2D eigenvalue weighted by Crippen LogP contribution is 2.21. The average Bonchev–Trinajstić information content (AvgIpc) is 3.34. The van der Waals surface area contributed by atoms with Gasteiger partial charge in [0.05, 0.1) is 0 Å². The van der Waals surface area contributed by atoms with Crippen molar-refractivity contribution in [2.45, 2.75) is 13.5 Å². The standard InChI is InChI=1S/C20H21N3O2S/c1-15-4-6-16(7-5-15)18-13-19(25-21-18)20(24)23-10-8-22(9-11-23)14-17-3-2-12-26-17/h2-7,12-13H,8-11,14H2,1H3. The van der Waals surface area contributed by atoms with Crippen molar-refractivity contribution in [2.24, 2.45) is 0 Å². The van der Waals surface area contributed by atoms with Crippen LogP contribution in [-0.2, 0) is 6.54 Å². The molecule has 134 valence electrons. The lowest BCUT2D eigenvalue weighted by Gasteiger charge is -2.33. The molecule has 2 aromatic heterocycles. The maximum atomic E-state index is 12.7. The van der Waals surface area contributed by atoms with Crippen molar-refractivity contribution < 1.29 is 9.32 Å². The molecule has 0 saturated carbocycles. The van der Waals surface area contributed by atoms with Crippen molar-refractivity contribution in [1.29, 1.82) is 0 Å². The van der Waals surface area contributed by atoms with Crippen LogP contribution in [0.25, 0.3) is 11.3 Å². The summed E-state index contributed by atoms with van der Waals surface area (Å²) >= 11 is 1.78. The van der Waals surface area contributed by atoms with Crippen molar-refractivity contribution in [3.05, 3.63) is 64.0 Å². The lowest BCUT2D eigenvalue weighted by molar-refractivity contribution is 0.0590. The molecule has 0 aliphatic carbocycles. The van der Waals surface area contributed by atoms with Gasteiger partial charge in [0.2, 0.25) is 5.76 Å². The zero-order valence-corrected chi connectivity index (χ0v) is 15.5. The average molecular weight is 367 g/mol. The van der Waals surface area contributed by atoms with E-state index in [2.05, 4.69) is 27.6 Å². The van der Waals surface area contributed by atoms with Gasteiger partial charge in [0.1, 0.15) is 5.69 Å². The lowest BCUT2D eigenvalue weighted by Crippen LogP contribution is -2.48. The van der Waals surface area contributed by atoms with Crippen molar-refractivity contribution in [3.63, 3.8) is 0 Å². The minimum Gasteiger partial charge on any atom is -0.350 e. The van der Waals surface area contributed by atoms with E-state index < -0.39 is 0 Å². The van der Waals surface area contributed by atoms with Crippen LogP contribution in [0.5, 0.6) is 0 Å². The number of hydrogen-bond donors (Lipinski definition) is 0. The van der Waals surface area contributed by atoms with Gasteiger partial charge in [0.15, 0.2) is 0 Å². The van der Waals surface area contributed by atoms with Crippen LogP contribution in [0.15, 0.2) is 52.4 Å². The van der Waals surface area contributed by atoms with Crippen molar-refractivity contribution in [3.8, 4) is 11.3 Å². The van der Waals surface area contributed by atoms with Gasteiger partial charge in [-0.2, -0.15) is 0 Å². The predicted molar refractivity (Wildman–Crippen MR) is 102 cm³/mol. The highest BCUT2D eigenvalue weighted by atomic mass is 32.1. The normalized spacial score (nSPS) is 15.3. The first-order valence-corrected chi connectivity index (χ1v) is 9.65. The van der Waals surface area contributed by atoms with Gasteiger partial charge in [-0.1, -0.05) is 41.1 Å². The summed E-state index contributed by atoms with van der Waals surface area (Å²) in [6.07, 6.45) is 0. The van der Waals surface area contributed by atoms with E-state index in [0.29, 0.717) is 24.5 Å². The van der Waals surface area contributed by atoms with Crippen LogP contribution in [0.1, 0.15) is 21.0 Å². The molecule has 1 amide bonds. The van der Waals surface area contributed by atoms with E-state index >= 15 is 0 Å². The number of aryl methyl sites for hydroxylation is 1. The maximum absolute atomic E-state index is 12.7. The van der Waals surface area contributed by atoms with E-state index in [1.807, 2.05) is 36.1 Å². The first-order valence-electron chi connectivity index (χ1n) is 8.77. The number of amides is 1. The number of carbonyl (C=O) groups excluding carboxylic acids is 1. The molecule has 0 radical (unpaired) electrons. The number of aromatic nitrogens is 1. The van der Waals surface area contributed by atoms with Gasteiger partial charge in [-0.15, -0.1) is 11.3 Å². The monoisotopic (exact) mass is 367 g/mol. The van der Waals surface area contributed by atoms with E-state index in [-0.39, 0.29) is 5.91 Å². The Labute approximate surface area is 156 Å². The molecule has 1 saturated heterocycles. The zero-order valence-electron chi connectivity index (χ0n) is 14.7. The Hall–Kier alpha value is -2.44. The van der Waals surface area contributed by atoms with Gasteiger partial charge >= 0.3 is 0 Å². The first kappa shape index (κ1) is 17.0. The van der Waals surface area contributed by atoms with Gasteiger partial charge in [0, 0.05) is 49.2 Å². The van der Waals surface area contributed by atoms with Gasteiger partial charge in [-0.25, -0.2) is 0 Å². The van der Waals surface area contributed by atoms with Gasteiger partial charge in [-0.3, -0.25) is 9.69 Å². The molecule has 0 unspecified atom stereocenters. The van der Waals surface area contributed by atoms with Crippen LogP contribution < -0.4 is 0 Å². The van der Waals surface area contributed by atoms with E-state index in [1.54, 1.807) is 17.4 Å². The summed E-state index contributed by atoms with van der Waals surface area (Å²) in [6, 6.07) is 14.0. The zero-order chi connectivity index (χ0) is 17.9. The Morgan fingerprint density at radius 3 is 2.62 bits per heavy atom. The van der Waals surface area contributed by atoms with E-state index in [1.165, 1.54) is 10.4 Å². The number of hydrogen-bond acceptors (Lipinski definition) is 5. The second kappa shape index (κ2) is 7.43. The Morgan fingerprint density at radius 1 is 1.15 bits per heavy atom. The molecule has 26 heavy (non-hydrogen) atoms. The van der Waals surface area contributed by atoms with Crippen molar-refractivity contribution in [1.82, 2.24) is 15.0 Å². The quantitative estimate of drug-likeness (QED) is 0.706. The predicted octanol–water partition coefficient (Wildman–Crippen LogP) is 3.67. The molecule has 3 heterocycles. The van der Waals surface area contributed by atoms with Gasteiger partial charge in [0.25, 0.3) is 5.91 Å². The fraction of sp³-hybridized carbons (Fsp3) is 0.300. The minimum atomic E-state index is -0.0772. The van der Waals surface area contributed by atoms with Crippen LogP contribution in [0.4, 0.5) is 0 Å². The van der Waals surface area contributed by atoms with Crippen LogP contribution in [0, 0.1) is 6.92 Å². The molecule has 0 atom stereocenters. The summed E-state index contributed by atoms with van der Waals surface area (Å²) < 4.78 is 5.32. The number of nitrogens with zero attached hydrogens (tertiary/aromatic N) is 3. The smallest absolute Gasteiger partial charge is 0.292 e. The van der Waals surface area contributed by atoms with E-state index in [4.69, 9.17) is 4.52 Å². The Kier molecular flexibility index (Phi) is 4.86. The van der Waals surface area contributed by atoms with Crippen LogP contribution in [0.3, 0.4) is 0 Å². The fourth-order valence-electron chi connectivity index (χ4n) is 3.12. The van der Waals surface area contributed by atoms with E-state index in [0.717, 1.165) is 25.2 Å². The number of piperazine rings is 1. The topological polar surface area (TPSA) is 49.6 Å². The van der Waals surface area contributed by atoms with Gasteiger partial charge < -0.3 is 9.42 Å². The third-order valence-electron chi connectivity index (χ3n) is 4.69. The molecule has 1 aliphatic rings. The molecule has 0 N–H and O–H groups in total. The summed E-state index contributed by atoms with van der Waals surface area (Å²) in [6.45, 7) is 6.18. The summed E-state index contributed by atoms with van der Waals surface area (Å²) in [7, 11) is 0. The molecule has 1 fully saturated rings. The van der Waals surface area contributed by atoms with Crippen LogP contribution in [0.2, 0.25) is 0 Å². The lowest BCUT2D eigenvalue weighted by atomic mass is 10.1. The second-order valence-electron chi connectivity index (χ2n) is 6.59. The molecule has 5 nitrogen and oxygen atoms in total. The summed E-state index contributed by atoms with van der Waals surface area (Å²) in [4.78, 5) is 18.3. The highest BCUT2D eigenvalue weighted by molar-refractivity contribution is 7.09. The maximum Gasteiger partial charge on any atom is 0.292 e. The van der Waals surface area contributed by atoms with Crippen LogP contribution in [-0.4, -0.2) is 47.0 Å². The van der Waals surface area contributed by atoms with Crippen molar-refractivity contribution >= 4 is 17.2 Å². The Bertz CT molecular complexity index is 863. The molecule has 1 aromatic carbocycles. The molecule has 0 spiro atoms. The SMILES string of the molecule is Cc1ccc(-c2cc(C(=O)N3CCN(Cc4cccs4)CC3)on2)cc1. The molecular weight excluding hydrogens is 346 g/mol. The molecule has 0 bridgehead atoms. The molecule has 4 rings (SSSR count). The second-order valence-corrected chi connectivity index (χ2v) is 7.62. The molecule has 6 heteroatoms. The summed E-state index contributed by atoms with van der Waals surface area (Å²) in [5.41, 5.74) is 2.85. The number of thiophene rings is 1. The third-order valence-corrected chi connectivity index (χ3v) is 5.55. The molecular formula is C20H21N3O2S. The Morgan fingerprint density at radius 2 is 1.92 bits per heavy atom. The highest BCUT2D eigenvalue weighted by Gasteiger charge is 2.25. The first-order chi connectivity index (χ1) is 12.7. The number of carbonyl (C=O) groups is 1. The number of benzene rings is 1. The van der Waals surface area contributed by atoms with E-state index in [9.17, 15) is 4.79 Å². The molecule has 1 aliphatic heterocycles. The largest absolute Gasteiger partial charge is 0.350 e. The minimum absolute atomic E-state index is 0.0772. The van der Waals surface area contributed by atoms with Gasteiger partial charge in [-0.05, 0) is 18.4 Å². The summed E-state index contributed by atoms with van der Waals surface area (Å²) in [5.74, 6) is 0.235. The van der Waals surface area contributed by atoms with Crippen molar-refractivity contribution in [2.75, 3.05) is 26.2 Å².